The van der Waals surface area contributed by atoms with E-state index in [4.69, 9.17) is 4.52 Å². The number of hydrogen-bond donors (Lipinski definition) is 2. The van der Waals surface area contributed by atoms with Gasteiger partial charge in [-0.3, -0.25) is 4.79 Å². The minimum atomic E-state index is -0.140. The van der Waals surface area contributed by atoms with Crippen LogP contribution in [0.1, 0.15) is 11.7 Å². The smallest absolute Gasteiger partial charge is 0.245 e. The Balaban J connectivity index is 1.89. The van der Waals surface area contributed by atoms with Crippen molar-refractivity contribution in [1.82, 2.24) is 15.5 Å². The molecule has 0 saturated heterocycles. The molecule has 0 radical (unpaired) electrons. The molecule has 0 spiro atoms. The molecule has 0 bridgehead atoms. The van der Waals surface area contributed by atoms with Crippen LogP contribution in [0.4, 0.5) is 5.69 Å². The van der Waals surface area contributed by atoms with Crippen molar-refractivity contribution in [3.8, 4) is 0 Å². The third-order valence-corrected chi connectivity index (χ3v) is 2.33. The van der Waals surface area contributed by atoms with Crippen molar-refractivity contribution in [3.63, 3.8) is 0 Å². The van der Waals surface area contributed by atoms with E-state index in [2.05, 4.69) is 20.8 Å². The minimum absolute atomic E-state index is 0.130. The van der Waals surface area contributed by atoms with E-state index in [1.807, 2.05) is 30.3 Å². The lowest BCUT2D eigenvalue weighted by Gasteiger charge is -2.01. The number of carbonyl (C=O) groups excluding carboxylic acids is 1. The molecule has 94 valence electrons. The van der Waals surface area contributed by atoms with E-state index < -0.39 is 0 Å². The molecule has 6 nitrogen and oxygen atoms in total. The summed E-state index contributed by atoms with van der Waals surface area (Å²) >= 11 is 0. The van der Waals surface area contributed by atoms with E-state index in [1.165, 1.54) is 0 Å². The fourth-order valence-corrected chi connectivity index (χ4v) is 1.40. The number of nitrogens with zero attached hydrogens (tertiary/aromatic N) is 2. The number of rotatable bonds is 5. The van der Waals surface area contributed by atoms with Gasteiger partial charge in [0.25, 0.3) is 0 Å². The number of para-hydroxylation sites is 1. The molecule has 6 heteroatoms. The Bertz CT molecular complexity index is 510. The Labute approximate surface area is 104 Å². The number of carbonyl (C=O) groups is 1. The maximum atomic E-state index is 11.1. The first-order chi connectivity index (χ1) is 8.78. The summed E-state index contributed by atoms with van der Waals surface area (Å²) in [5, 5.41) is 9.38. The molecule has 0 aliphatic heterocycles. The van der Waals surface area contributed by atoms with Gasteiger partial charge >= 0.3 is 0 Å². The molecule has 0 aliphatic carbocycles. The van der Waals surface area contributed by atoms with Gasteiger partial charge in [0, 0.05) is 12.7 Å². The summed E-state index contributed by atoms with van der Waals surface area (Å²) < 4.78 is 5.03. The third-order valence-electron chi connectivity index (χ3n) is 2.33. The van der Waals surface area contributed by atoms with Crippen LogP contribution in [0.5, 0.6) is 0 Å². The molecule has 2 N–H and O–H groups in total. The van der Waals surface area contributed by atoms with Gasteiger partial charge in [-0.25, -0.2) is 0 Å². The largest absolute Gasteiger partial charge is 0.376 e. The maximum absolute atomic E-state index is 11.1. The van der Waals surface area contributed by atoms with Crippen molar-refractivity contribution in [2.75, 3.05) is 12.4 Å². The highest BCUT2D eigenvalue weighted by atomic mass is 16.5. The van der Waals surface area contributed by atoms with Gasteiger partial charge in [0.05, 0.1) is 13.0 Å². The molecule has 1 aromatic carbocycles. The molecular weight excluding hydrogens is 232 g/mol. The van der Waals surface area contributed by atoms with E-state index in [9.17, 15) is 4.79 Å². The molecule has 1 heterocycles. The second-order valence-corrected chi connectivity index (χ2v) is 3.67. The van der Waals surface area contributed by atoms with Crippen molar-refractivity contribution in [3.05, 3.63) is 42.0 Å². The summed E-state index contributed by atoms with van der Waals surface area (Å²) in [4.78, 5) is 15.2. The highest BCUT2D eigenvalue weighted by Gasteiger charge is 2.09. The Morgan fingerprint density at radius 2 is 2.11 bits per heavy atom. The predicted molar refractivity (Wildman–Crippen MR) is 65.8 cm³/mol. The molecule has 0 fully saturated rings. The molecule has 0 unspecified atom stereocenters. The second-order valence-electron chi connectivity index (χ2n) is 3.67. The Kier molecular flexibility index (Phi) is 3.90. The fourth-order valence-electron chi connectivity index (χ4n) is 1.40. The summed E-state index contributed by atoms with van der Waals surface area (Å²) in [5.41, 5.74) is 0.976. The summed E-state index contributed by atoms with van der Waals surface area (Å²) in [6.07, 6.45) is 0.130. The van der Waals surface area contributed by atoms with Crippen LogP contribution in [-0.2, 0) is 17.8 Å². The quantitative estimate of drug-likeness (QED) is 0.821. The molecule has 1 aromatic heterocycles. The summed E-state index contributed by atoms with van der Waals surface area (Å²) in [7, 11) is 1.57. The van der Waals surface area contributed by atoms with Gasteiger partial charge in [-0.1, -0.05) is 23.4 Å². The molecule has 2 rings (SSSR count). The topological polar surface area (TPSA) is 80.0 Å². The third kappa shape index (κ3) is 3.31. The minimum Gasteiger partial charge on any atom is -0.376 e. The number of nitrogens with one attached hydrogen (secondary N) is 2. The van der Waals surface area contributed by atoms with E-state index in [0.717, 1.165) is 5.69 Å². The van der Waals surface area contributed by atoms with Gasteiger partial charge in [0.1, 0.15) is 0 Å². The van der Waals surface area contributed by atoms with Crippen LogP contribution < -0.4 is 10.6 Å². The van der Waals surface area contributed by atoms with Crippen molar-refractivity contribution in [1.29, 1.82) is 0 Å². The first-order valence-electron chi connectivity index (χ1n) is 5.59. The lowest BCUT2D eigenvalue weighted by atomic mass is 10.3. The second kappa shape index (κ2) is 5.81. The lowest BCUT2D eigenvalue weighted by molar-refractivity contribution is -0.120. The highest BCUT2D eigenvalue weighted by molar-refractivity contribution is 5.77. The number of likely N-dealkylation sites (N-methyl/N-ethyl adjacent to an activating group) is 1. The average Bonchev–Trinajstić information content (AvgIpc) is 2.85. The number of hydrogen-bond acceptors (Lipinski definition) is 5. The van der Waals surface area contributed by atoms with Crippen LogP contribution in [-0.4, -0.2) is 23.1 Å². The number of anilines is 1. The summed E-state index contributed by atoms with van der Waals surface area (Å²) in [6, 6.07) is 9.71. The van der Waals surface area contributed by atoms with E-state index in [1.54, 1.807) is 7.05 Å². The van der Waals surface area contributed by atoms with Gasteiger partial charge in [-0.2, -0.15) is 4.98 Å². The average molecular weight is 246 g/mol. The fraction of sp³-hybridized carbons (Fsp3) is 0.250. The van der Waals surface area contributed by atoms with Crippen LogP contribution >= 0.6 is 0 Å². The van der Waals surface area contributed by atoms with Crippen molar-refractivity contribution in [2.45, 2.75) is 13.0 Å². The van der Waals surface area contributed by atoms with Gasteiger partial charge in [-0.05, 0) is 12.1 Å². The van der Waals surface area contributed by atoms with Gasteiger partial charge < -0.3 is 15.2 Å². The monoisotopic (exact) mass is 246 g/mol. The van der Waals surface area contributed by atoms with Crippen LogP contribution in [0.3, 0.4) is 0 Å². The van der Waals surface area contributed by atoms with E-state index in [-0.39, 0.29) is 12.3 Å². The van der Waals surface area contributed by atoms with Crippen molar-refractivity contribution < 1.29 is 9.32 Å². The van der Waals surface area contributed by atoms with E-state index >= 15 is 0 Å². The first-order valence-corrected chi connectivity index (χ1v) is 5.59. The van der Waals surface area contributed by atoms with Crippen LogP contribution in [0.25, 0.3) is 0 Å². The van der Waals surface area contributed by atoms with Gasteiger partial charge in [-0.15, -0.1) is 0 Å². The van der Waals surface area contributed by atoms with Crippen LogP contribution in [0.2, 0.25) is 0 Å². The number of benzene rings is 1. The van der Waals surface area contributed by atoms with Gasteiger partial charge in [0.2, 0.25) is 11.8 Å². The van der Waals surface area contributed by atoms with E-state index in [0.29, 0.717) is 18.3 Å². The predicted octanol–water partition coefficient (Wildman–Crippen LogP) is 0.970. The zero-order valence-corrected chi connectivity index (χ0v) is 10.0. The summed E-state index contributed by atoms with van der Waals surface area (Å²) in [6.45, 7) is 0.435. The van der Waals surface area contributed by atoms with Crippen molar-refractivity contribution in [2.24, 2.45) is 0 Å². The number of amides is 1. The summed E-state index contributed by atoms with van der Waals surface area (Å²) in [5.74, 6) is 0.704. The zero-order valence-electron chi connectivity index (χ0n) is 10.0. The Hall–Kier alpha value is -2.37. The molecule has 0 aliphatic rings. The number of aromatic nitrogens is 2. The van der Waals surface area contributed by atoms with Crippen LogP contribution in [0, 0.1) is 0 Å². The SMILES string of the molecule is CNC(=O)Cc1noc(CNc2ccccc2)n1. The lowest BCUT2D eigenvalue weighted by Crippen LogP contribution is -2.20. The maximum Gasteiger partial charge on any atom is 0.245 e. The molecule has 1 amide bonds. The van der Waals surface area contributed by atoms with Gasteiger partial charge in [0.15, 0.2) is 5.82 Å². The standard InChI is InChI=1S/C12H14N4O2/c1-13-11(17)7-10-15-12(18-16-10)8-14-9-5-3-2-4-6-9/h2-6,14H,7-8H2,1H3,(H,13,17). The molecule has 2 aromatic rings. The Morgan fingerprint density at radius 3 is 2.83 bits per heavy atom. The molecule has 0 atom stereocenters. The highest BCUT2D eigenvalue weighted by Crippen LogP contribution is 2.07. The normalized spacial score (nSPS) is 10.1. The Morgan fingerprint density at radius 1 is 1.33 bits per heavy atom. The van der Waals surface area contributed by atoms with Crippen LogP contribution in [0.15, 0.2) is 34.9 Å². The van der Waals surface area contributed by atoms with Crippen molar-refractivity contribution >= 4 is 11.6 Å². The molecule has 0 saturated carbocycles. The first kappa shape index (κ1) is 12.1. The zero-order chi connectivity index (χ0) is 12.8. The molecular formula is C12H14N4O2. The molecule has 18 heavy (non-hydrogen) atoms.